The van der Waals surface area contributed by atoms with E-state index >= 15 is 0 Å². The van der Waals surface area contributed by atoms with Crippen molar-refractivity contribution in [1.82, 2.24) is 19.2 Å². The Morgan fingerprint density at radius 3 is 2.35 bits per heavy atom. The molecule has 0 saturated carbocycles. The van der Waals surface area contributed by atoms with Crippen LogP contribution in [0.25, 0.3) is 5.69 Å². The molecule has 7 nitrogen and oxygen atoms in total. The Labute approximate surface area is 184 Å². The average molecular weight is 439 g/mol. The number of rotatable bonds is 4. The molecular weight excluding hydrogens is 416 g/mol. The van der Waals surface area contributed by atoms with Crippen LogP contribution in [-0.2, 0) is 6.54 Å². The van der Waals surface area contributed by atoms with Gasteiger partial charge in [-0.15, -0.1) is 0 Å². The summed E-state index contributed by atoms with van der Waals surface area (Å²) in [7, 11) is 0. The normalized spacial score (nSPS) is 13.6. The quantitative estimate of drug-likeness (QED) is 0.627. The highest BCUT2D eigenvalue weighted by molar-refractivity contribution is 6.30. The molecule has 1 aliphatic rings. The van der Waals surface area contributed by atoms with Crippen LogP contribution in [0.1, 0.15) is 40.0 Å². The minimum Gasteiger partial charge on any atom is -0.337 e. The minimum absolute atomic E-state index is 0.00811. The molecule has 2 aromatic carbocycles. The molecule has 160 valence electrons. The number of halogens is 1. The first kappa shape index (κ1) is 21.1. The number of aryl methyl sites for hydroxylation is 2. The number of carbonyl (C=O) groups excluding carboxylic acids is 1. The van der Waals surface area contributed by atoms with Crippen molar-refractivity contribution in [2.24, 2.45) is 0 Å². The molecule has 31 heavy (non-hydrogen) atoms. The van der Waals surface area contributed by atoms with Gasteiger partial charge in [-0.1, -0.05) is 29.8 Å². The van der Waals surface area contributed by atoms with Crippen LogP contribution in [0, 0.1) is 13.8 Å². The van der Waals surface area contributed by atoms with E-state index in [4.69, 9.17) is 11.6 Å². The molecule has 1 aromatic heterocycles. The Bertz CT molecular complexity index is 1250. The highest BCUT2D eigenvalue weighted by Crippen LogP contribution is 2.14. The van der Waals surface area contributed by atoms with E-state index in [1.54, 1.807) is 41.3 Å². The molecule has 8 heteroatoms. The molecule has 1 fully saturated rings. The van der Waals surface area contributed by atoms with Crippen molar-refractivity contribution in [3.63, 3.8) is 0 Å². The summed E-state index contributed by atoms with van der Waals surface area (Å²) in [6.45, 7) is 4.99. The van der Waals surface area contributed by atoms with E-state index in [-0.39, 0.29) is 12.2 Å². The first-order valence-corrected chi connectivity index (χ1v) is 10.6. The maximum Gasteiger partial charge on any atom is 0.352 e. The zero-order valence-corrected chi connectivity index (χ0v) is 18.2. The third-order valence-corrected chi connectivity index (χ3v) is 5.57. The van der Waals surface area contributed by atoms with Crippen LogP contribution in [0.5, 0.6) is 0 Å². The Kier molecular flexibility index (Phi) is 5.78. The lowest BCUT2D eigenvalue weighted by atomic mass is 10.1. The molecule has 0 unspecified atom stereocenters. The van der Waals surface area contributed by atoms with E-state index in [0.29, 0.717) is 29.4 Å². The summed E-state index contributed by atoms with van der Waals surface area (Å²) in [6, 6.07) is 12.5. The topological polar surface area (TPSA) is 77.2 Å². The van der Waals surface area contributed by atoms with Crippen LogP contribution in [0.15, 0.2) is 52.1 Å². The Balaban J connectivity index is 1.92. The zero-order valence-electron chi connectivity index (χ0n) is 17.5. The fourth-order valence-electron chi connectivity index (χ4n) is 3.92. The van der Waals surface area contributed by atoms with Gasteiger partial charge in [-0.3, -0.25) is 14.2 Å². The summed E-state index contributed by atoms with van der Waals surface area (Å²) in [6.07, 6.45) is 1.78. The summed E-state index contributed by atoms with van der Waals surface area (Å²) < 4.78 is 2.20. The Hall–Kier alpha value is -3.19. The second kappa shape index (κ2) is 8.51. The van der Waals surface area contributed by atoms with E-state index in [1.165, 1.54) is 0 Å². The molecule has 0 N–H and O–H groups in total. The number of benzene rings is 2. The SMILES string of the molecule is Cc1cc(C)cc(-n2nc(C(=O)N3CCCC3)c(=O)n(Cc3cccc(Cl)c3)c2=O)c1. The number of hydrogen-bond donors (Lipinski definition) is 0. The van der Waals surface area contributed by atoms with E-state index in [2.05, 4.69) is 5.10 Å². The molecule has 3 aromatic rings. The maximum absolute atomic E-state index is 13.3. The van der Waals surface area contributed by atoms with Crippen molar-refractivity contribution in [2.75, 3.05) is 13.1 Å². The lowest BCUT2D eigenvalue weighted by molar-refractivity contribution is 0.0781. The molecule has 0 spiro atoms. The van der Waals surface area contributed by atoms with Crippen molar-refractivity contribution in [3.8, 4) is 5.69 Å². The molecule has 1 saturated heterocycles. The smallest absolute Gasteiger partial charge is 0.337 e. The van der Waals surface area contributed by atoms with E-state index in [1.807, 2.05) is 19.9 Å². The number of aromatic nitrogens is 3. The fraction of sp³-hybridized carbons (Fsp3) is 0.304. The predicted octanol–water partition coefficient (Wildman–Crippen LogP) is 2.95. The second-order valence-electron chi connectivity index (χ2n) is 7.91. The van der Waals surface area contributed by atoms with Gasteiger partial charge in [0.25, 0.3) is 11.5 Å². The summed E-state index contributed by atoms with van der Waals surface area (Å²) in [4.78, 5) is 41.2. The van der Waals surface area contributed by atoms with Crippen molar-refractivity contribution < 1.29 is 4.79 Å². The van der Waals surface area contributed by atoms with Crippen LogP contribution >= 0.6 is 11.6 Å². The third kappa shape index (κ3) is 4.32. The summed E-state index contributed by atoms with van der Waals surface area (Å²) in [5.74, 6) is -0.444. The summed E-state index contributed by atoms with van der Waals surface area (Å²) in [5, 5.41) is 4.74. The summed E-state index contributed by atoms with van der Waals surface area (Å²) >= 11 is 6.08. The van der Waals surface area contributed by atoms with E-state index < -0.39 is 17.2 Å². The third-order valence-electron chi connectivity index (χ3n) is 5.34. The van der Waals surface area contributed by atoms with Crippen molar-refractivity contribution >= 4 is 17.5 Å². The van der Waals surface area contributed by atoms with Crippen LogP contribution in [0.4, 0.5) is 0 Å². The number of carbonyl (C=O) groups is 1. The summed E-state index contributed by atoms with van der Waals surface area (Å²) in [5.41, 5.74) is 1.55. The van der Waals surface area contributed by atoms with Gasteiger partial charge < -0.3 is 4.90 Å². The Morgan fingerprint density at radius 1 is 1.03 bits per heavy atom. The molecule has 0 atom stereocenters. The van der Waals surface area contributed by atoms with Gasteiger partial charge >= 0.3 is 5.69 Å². The lowest BCUT2D eigenvalue weighted by Gasteiger charge is -2.17. The highest BCUT2D eigenvalue weighted by atomic mass is 35.5. The van der Waals surface area contributed by atoms with Gasteiger partial charge in [-0.05, 0) is 67.6 Å². The molecule has 0 aliphatic carbocycles. The monoisotopic (exact) mass is 438 g/mol. The average Bonchev–Trinajstić information content (AvgIpc) is 3.25. The van der Waals surface area contributed by atoms with E-state index in [9.17, 15) is 14.4 Å². The first-order chi connectivity index (χ1) is 14.8. The number of hydrogen-bond acceptors (Lipinski definition) is 4. The zero-order chi connectivity index (χ0) is 22.1. The first-order valence-electron chi connectivity index (χ1n) is 10.2. The van der Waals surface area contributed by atoms with Crippen molar-refractivity contribution in [1.29, 1.82) is 0 Å². The fourth-order valence-corrected chi connectivity index (χ4v) is 4.13. The Morgan fingerprint density at radius 2 is 1.71 bits per heavy atom. The molecular formula is C23H23ClN4O3. The number of likely N-dealkylation sites (tertiary alicyclic amines) is 1. The van der Waals surface area contributed by atoms with Gasteiger partial charge in [-0.2, -0.15) is 9.78 Å². The molecule has 0 radical (unpaired) electrons. The molecule has 1 aliphatic heterocycles. The second-order valence-corrected chi connectivity index (χ2v) is 8.35. The van der Waals surface area contributed by atoms with Crippen LogP contribution in [-0.4, -0.2) is 38.2 Å². The van der Waals surface area contributed by atoms with Gasteiger partial charge in [0.15, 0.2) is 0 Å². The molecule has 0 bridgehead atoms. The minimum atomic E-state index is -0.692. The van der Waals surface area contributed by atoms with Crippen LogP contribution < -0.4 is 11.2 Å². The molecule has 1 amide bonds. The molecule has 2 heterocycles. The number of amides is 1. The largest absolute Gasteiger partial charge is 0.352 e. The van der Waals surface area contributed by atoms with Gasteiger partial charge in [0.05, 0.1) is 12.2 Å². The number of nitrogens with zero attached hydrogens (tertiary/aromatic N) is 4. The van der Waals surface area contributed by atoms with Gasteiger partial charge in [0.2, 0.25) is 5.69 Å². The molecule has 4 rings (SSSR count). The van der Waals surface area contributed by atoms with Gasteiger partial charge in [0, 0.05) is 18.1 Å². The van der Waals surface area contributed by atoms with Gasteiger partial charge in [-0.25, -0.2) is 4.79 Å². The van der Waals surface area contributed by atoms with E-state index in [0.717, 1.165) is 33.2 Å². The maximum atomic E-state index is 13.3. The standard InChI is InChI=1S/C23H23ClN4O3/c1-15-10-16(2)12-19(11-15)28-23(31)27(14-17-6-5-7-18(24)13-17)22(30)20(25-28)21(29)26-8-3-4-9-26/h5-7,10-13H,3-4,8-9,14H2,1-2H3. The van der Waals surface area contributed by atoms with Crippen LogP contribution in [0.2, 0.25) is 5.02 Å². The highest BCUT2D eigenvalue weighted by Gasteiger charge is 2.26. The predicted molar refractivity (Wildman–Crippen MR) is 119 cm³/mol. The lowest BCUT2D eigenvalue weighted by Crippen LogP contribution is -2.46. The van der Waals surface area contributed by atoms with Gasteiger partial charge in [0.1, 0.15) is 0 Å². The van der Waals surface area contributed by atoms with Crippen molar-refractivity contribution in [2.45, 2.75) is 33.2 Å². The van der Waals surface area contributed by atoms with Crippen LogP contribution in [0.3, 0.4) is 0 Å². The van der Waals surface area contributed by atoms with Crippen molar-refractivity contribution in [3.05, 3.63) is 90.7 Å².